The van der Waals surface area contributed by atoms with Crippen LogP contribution < -0.4 is 5.32 Å². The van der Waals surface area contributed by atoms with Crippen molar-refractivity contribution in [2.24, 2.45) is 0 Å². The van der Waals surface area contributed by atoms with Gasteiger partial charge in [-0.15, -0.1) is 0 Å². The average Bonchev–Trinajstić information content (AvgIpc) is 1.88. The summed E-state index contributed by atoms with van der Waals surface area (Å²) in [4.78, 5) is 8.90. The van der Waals surface area contributed by atoms with Crippen LogP contribution in [0.15, 0.2) is 0 Å². The summed E-state index contributed by atoms with van der Waals surface area (Å²) in [6.45, 7) is 6.39. The molecular formula is C6H12F3NO2. The fourth-order valence-corrected chi connectivity index (χ4v) is 0.250. The summed E-state index contributed by atoms with van der Waals surface area (Å²) in [6.07, 6.45) is -5.08. The van der Waals surface area contributed by atoms with Crippen molar-refractivity contribution in [3.05, 3.63) is 0 Å². The van der Waals surface area contributed by atoms with Crippen molar-refractivity contribution in [3.8, 4) is 0 Å². The molecule has 0 atom stereocenters. The lowest BCUT2D eigenvalue weighted by atomic mass is 10.7. The Hall–Kier alpha value is -0.780. The van der Waals surface area contributed by atoms with Gasteiger partial charge in [-0.2, -0.15) is 13.2 Å². The van der Waals surface area contributed by atoms with Gasteiger partial charge in [-0.25, -0.2) is 4.79 Å². The third-order valence-electron chi connectivity index (χ3n) is 0.743. The van der Waals surface area contributed by atoms with Gasteiger partial charge in [0.25, 0.3) is 0 Å². The molecule has 0 aromatic carbocycles. The Balaban J connectivity index is 0. The molecule has 0 aliphatic carbocycles. The molecule has 0 aliphatic rings. The van der Waals surface area contributed by atoms with Gasteiger partial charge in [-0.3, -0.25) is 0 Å². The fraction of sp³-hybridized carbons (Fsp3) is 0.833. The summed E-state index contributed by atoms with van der Waals surface area (Å²) >= 11 is 0. The standard InChI is InChI=1S/C4H11N.C2HF3O2/c1-3-5-4-2;3-2(4,5)1(6)7/h5H,3-4H2,1-2H3;(H,6,7). The first-order valence-electron chi connectivity index (χ1n) is 3.37. The summed E-state index contributed by atoms with van der Waals surface area (Å²) in [5.74, 6) is -2.76. The maximum atomic E-state index is 10.6. The predicted molar refractivity (Wildman–Crippen MR) is 37.9 cm³/mol. The SMILES string of the molecule is CCNCC.O=C(O)C(F)(F)F. The van der Waals surface area contributed by atoms with Crippen LogP contribution in [0, 0.1) is 0 Å². The number of carbonyl (C=O) groups is 1. The Labute approximate surface area is 68.6 Å². The smallest absolute Gasteiger partial charge is 0.475 e. The lowest BCUT2D eigenvalue weighted by Gasteiger charge is -1.93. The van der Waals surface area contributed by atoms with Gasteiger partial charge in [0.2, 0.25) is 0 Å². The van der Waals surface area contributed by atoms with Crippen LogP contribution in [0.4, 0.5) is 13.2 Å². The molecule has 3 nitrogen and oxygen atoms in total. The fourth-order valence-electron chi connectivity index (χ4n) is 0.250. The molecule has 0 unspecified atom stereocenters. The summed E-state index contributed by atoms with van der Waals surface area (Å²) in [6, 6.07) is 0. The van der Waals surface area contributed by atoms with E-state index < -0.39 is 12.1 Å². The third-order valence-corrected chi connectivity index (χ3v) is 0.743. The molecule has 0 rings (SSSR count). The highest BCUT2D eigenvalue weighted by Crippen LogP contribution is 2.13. The van der Waals surface area contributed by atoms with E-state index in [1.807, 2.05) is 0 Å². The van der Waals surface area contributed by atoms with E-state index in [0.717, 1.165) is 13.1 Å². The maximum Gasteiger partial charge on any atom is 0.490 e. The van der Waals surface area contributed by atoms with Gasteiger partial charge in [0.1, 0.15) is 0 Å². The molecule has 0 radical (unpaired) electrons. The van der Waals surface area contributed by atoms with Crippen LogP contribution in [0.1, 0.15) is 13.8 Å². The summed E-state index contributed by atoms with van der Waals surface area (Å²) in [7, 11) is 0. The molecule has 0 aromatic heterocycles. The van der Waals surface area contributed by atoms with E-state index in [4.69, 9.17) is 9.90 Å². The minimum atomic E-state index is -5.08. The number of alkyl halides is 3. The molecule has 0 aliphatic heterocycles. The number of halogens is 3. The van der Waals surface area contributed by atoms with Gasteiger partial charge < -0.3 is 10.4 Å². The van der Waals surface area contributed by atoms with Gasteiger partial charge >= 0.3 is 12.1 Å². The van der Waals surface area contributed by atoms with Crippen molar-refractivity contribution < 1.29 is 23.1 Å². The monoisotopic (exact) mass is 187 g/mol. The number of hydrogen-bond donors (Lipinski definition) is 2. The predicted octanol–water partition coefficient (Wildman–Crippen LogP) is 1.25. The Morgan fingerprint density at radius 2 is 1.58 bits per heavy atom. The number of rotatable bonds is 2. The Morgan fingerprint density at radius 3 is 1.58 bits per heavy atom. The molecule has 0 fully saturated rings. The first-order chi connectivity index (χ1) is 5.36. The summed E-state index contributed by atoms with van der Waals surface area (Å²) in [5.41, 5.74) is 0. The average molecular weight is 187 g/mol. The molecular weight excluding hydrogens is 175 g/mol. The van der Waals surface area contributed by atoms with E-state index in [2.05, 4.69) is 19.2 Å². The normalized spacial score (nSPS) is 10.1. The van der Waals surface area contributed by atoms with Gasteiger partial charge in [-0.1, -0.05) is 13.8 Å². The third kappa shape index (κ3) is 12.0. The highest BCUT2D eigenvalue weighted by atomic mass is 19.4. The van der Waals surface area contributed by atoms with E-state index in [9.17, 15) is 13.2 Å². The van der Waals surface area contributed by atoms with Crippen molar-refractivity contribution in [3.63, 3.8) is 0 Å². The van der Waals surface area contributed by atoms with E-state index >= 15 is 0 Å². The van der Waals surface area contributed by atoms with Crippen LogP contribution in [0.5, 0.6) is 0 Å². The zero-order chi connectivity index (χ0) is 10.2. The van der Waals surface area contributed by atoms with Crippen LogP contribution in [0.2, 0.25) is 0 Å². The van der Waals surface area contributed by atoms with Crippen molar-refractivity contribution in [1.82, 2.24) is 5.32 Å². The van der Waals surface area contributed by atoms with Crippen molar-refractivity contribution >= 4 is 5.97 Å². The van der Waals surface area contributed by atoms with E-state index in [0.29, 0.717) is 0 Å². The first-order valence-corrected chi connectivity index (χ1v) is 3.37. The molecule has 12 heavy (non-hydrogen) atoms. The number of nitrogens with one attached hydrogen (secondary N) is 1. The summed E-state index contributed by atoms with van der Waals surface area (Å²) < 4.78 is 31.7. The van der Waals surface area contributed by atoms with Crippen LogP contribution in [-0.2, 0) is 4.79 Å². The van der Waals surface area contributed by atoms with Crippen molar-refractivity contribution in [1.29, 1.82) is 0 Å². The zero-order valence-electron chi connectivity index (χ0n) is 6.90. The van der Waals surface area contributed by atoms with Crippen LogP contribution in [0.25, 0.3) is 0 Å². The number of hydrogen-bond acceptors (Lipinski definition) is 2. The molecule has 2 N–H and O–H groups in total. The van der Waals surface area contributed by atoms with Gasteiger partial charge in [0.15, 0.2) is 0 Å². The molecule has 0 spiro atoms. The Kier molecular flexibility index (Phi) is 7.93. The molecule has 74 valence electrons. The topological polar surface area (TPSA) is 49.3 Å². The minimum absolute atomic E-state index is 1.09. The molecule has 0 heterocycles. The molecule has 0 saturated heterocycles. The second-order valence-electron chi connectivity index (χ2n) is 1.76. The van der Waals surface area contributed by atoms with E-state index in [1.54, 1.807) is 0 Å². The maximum absolute atomic E-state index is 10.6. The van der Waals surface area contributed by atoms with Gasteiger partial charge in [0.05, 0.1) is 0 Å². The quantitative estimate of drug-likeness (QED) is 0.684. The van der Waals surface area contributed by atoms with E-state index in [-0.39, 0.29) is 0 Å². The van der Waals surface area contributed by atoms with Gasteiger partial charge in [0, 0.05) is 0 Å². The largest absolute Gasteiger partial charge is 0.490 e. The minimum Gasteiger partial charge on any atom is -0.475 e. The summed E-state index contributed by atoms with van der Waals surface area (Å²) in [5, 5.41) is 10.2. The van der Waals surface area contributed by atoms with Crippen LogP contribution >= 0.6 is 0 Å². The first kappa shape index (κ1) is 13.8. The molecule has 0 saturated carbocycles. The van der Waals surface area contributed by atoms with Crippen molar-refractivity contribution in [2.45, 2.75) is 20.0 Å². The molecule has 0 amide bonds. The number of carboxylic acid groups (broad SMARTS) is 1. The molecule has 0 bridgehead atoms. The van der Waals surface area contributed by atoms with Crippen LogP contribution in [-0.4, -0.2) is 30.3 Å². The highest BCUT2D eigenvalue weighted by Gasteiger charge is 2.38. The lowest BCUT2D eigenvalue weighted by molar-refractivity contribution is -0.192. The Morgan fingerprint density at radius 1 is 1.33 bits per heavy atom. The van der Waals surface area contributed by atoms with Gasteiger partial charge in [-0.05, 0) is 13.1 Å². The Bertz CT molecular complexity index is 122. The van der Waals surface area contributed by atoms with Crippen LogP contribution in [0.3, 0.4) is 0 Å². The van der Waals surface area contributed by atoms with Crippen molar-refractivity contribution in [2.75, 3.05) is 13.1 Å². The second-order valence-corrected chi connectivity index (χ2v) is 1.76. The lowest BCUT2D eigenvalue weighted by Crippen LogP contribution is -2.21. The molecule has 0 aromatic rings. The molecule has 6 heteroatoms. The zero-order valence-corrected chi connectivity index (χ0v) is 6.90. The number of carboxylic acids is 1. The second kappa shape index (κ2) is 6.90. The highest BCUT2D eigenvalue weighted by molar-refractivity contribution is 5.73. The number of aliphatic carboxylic acids is 1. The van der Waals surface area contributed by atoms with E-state index in [1.165, 1.54) is 0 Å².